The van der Waals surface area contributed by atoms with Crippen molar-refractivity contribution in [3.05, 3.63) is 42.5 Å². The molecule has 114 valence electrons. The summed E-state index contributed by atoms with van der Waals surface area (Å²) in [5.74, 6) is 0. The van der Waals surface area contributed by atoms with E-state index in [2.05, 4.69) is 5.32 Å². The highest BCUT2D eigenvalue weighted by Crippen LogP contribution is 2.52. The first kappa shape index (κ1) is 16.5. The molecule has 3 N–H and O–H groups in total. The summed E-state index contributed by atoms with van der Waals surface area (Å²) in [4.78, 5) is 0. The third kappa shape index (κ3) is 1.83. The van der Waals surface area contributed by atoms with Crippen LogP contribution in [0.5, 0.6) is 0 Å². The number of nitrogens with zero attached hydrogens (tertiary/aromatic N) is 5. The molecule has 0 saturated carbocycles. The fourth-order valence-electron chi connectivity index (χ4n) is 2.83. The molecule has 7 nitrogen and oxygen atoms in total. The van der Waals surface area contributed by atoms with E-state index in [0.29, 0.717) is 5.69 Å². The van der Waals surface area contributed by atoms with Gasteiger partial charge in [0.1, 0.15) is 0 Å². The van der Waals surface area contributed by atoms with Gasteiger partial charge in [0, 0.05) is 5.69 Å². The van der Waals surface area contributed by atoms with Gasteiger partial charge >= 0.3 is 0 Å². The number of rotatable bonds is 2. The highest BCUT2D eigenvalue weighted by molar-refractivity contribution is 5.60. The molecular formula is C17H11N7. The van der Waals surface area contributed by atoms with E-state index < -0.39 is 22.4 Å². The van der Waals surface area contributed by atoms with Crippen LogP contribution in [0.1, 0.15) is 0 Å². The van der Waals surface area contributed by atoms with Crippen LogP contribution in [0.25, 0.3) is 0 Å². The first-order chi connectivity index (χ1) is 11.5. The molecule has 0 heterocycles. The summed E-state index contributed by atoms with van der Waals surface area (Å²) in [6.07, 6.45) is 2.59. The highest BCUT2D eigenvalue weighted by Gasteiger charge is 2.70. The quantitative estimate of drug-likeness (QED) is 0.779. The predicted octanol–water partition coefficient (Wildman–Crippen LogP) is 1.33. The van der Waals surface area contributed by atoms with Gasteiger partial charge in [0.2, 0.25) is 5.41 Å². The molecule has 1 aromatic rings. The van der Waals surface area contributed by atoms with Crippen LogP contribution < -0.4 is 11.1 Å². The summed E-state index contributed by atoms with van der Waals surface area (Å²) >= 11 is 0. The third-order valence-corrected chi connectivity index (χ3v) is 4.22. The van der Waals surface area contributed by atoms with E-state index in [1.54, 1.807) is 54.6 Å². The Balaban J connectivity index is 2.82. The summed E-state index contributed by atoms with van der Waals surface area (Å²) in [6.45, 7) is 0. The van der Waals surface area contributed by atoms with Gasteiger partial charge in [0.15, 0.2) is 11.0 Å². The lowest BCUT2D eigenvalue weighted by Gasteiger charge is -2.46. The Kier molecular flexibility index (Phi) is 3.96. The van der Waals surface area contributed by atoms with Gasteiger partial charge in [-0.3, -0.25) is 0 Å². The zero-order valence-electron chi connectivity index (χ0n) is 12.4. The second-order valence-corrected chi connectivity index (χ2v) is 5.30. The summed E-state index contributed by atoms with van der Waals surface area (Å²) < 4.78 is 0. The Morgan fingerprint density at radius 3 is 1.92 bits per heavy atom. The molecule has 1 aliphatic carbocycles. The molecule has 7 heteroatoms. The van der Waals surface area contributed by atoms with Crippen molar-refractivity contribution in [1.82, 2.24) is 0 Å². The minimum absolute atomic E-state index is 0.457. The van der Waals surface area contributed by atoms with Crippen molar-refractivity contribution in [3.63, 3.8) is 0 Å². The molecule has 2 atom stereocenters. The van der Waals surface area contributed by atoms with Crippen LogP contribution in [-0.2, 0) is 0 Å². The van der Waals surface area contributed by atoms with Gasteiger partial charge in [-0.1, -0.05) is 24.3 Å². The molecule has 0 saturated heterocycles. The van der Waals surface area contributed by atoms with E-state index in [9.17, 15) is 26.3 Å². The van der Waals surface area contributed by atoms with Crippen molar-refractivity contribution < 1.29 is 0 Å². The molecule has 2 unspecified atom stereocenters. The number of nitrogens with two attached hydrogens (primary N) is 1. The summed E-state index contributed by atoms with van der Waals surface area (Å²) in [5.41, 5.74) is -0.137. The molecule has 0 aromatic heterocycles. The second kappa shape index (κ2) is 5.75. The SMILES string of the molecule is N#CC1(Nc2ccccc2)C=CC(N)C(C#N)(C#N)C1(C#N)C#N. The van der Waals surface area contributed by atoms with Crippen LogP contribution in [0.3, 0.4) is 0 Å². The van der Waals surface area contributed by atoms with E-state index in [1.165, 1.54) is 12.2 Å². The second-order valence-electron chi connectivity index (χ2n) is 5.30. The van der Waals surface area contributed by atoms with E-state index in [-0.39, 0.29) is 0 Å². The van der Waals surface area contributed by atoms with Crippen LogP contribution >= 0.6 is 0 Å². The van der Waals surface area contributed by atoms with Gasteiger partial charge in [-0.25, -0.2) is 0 Å². The molecule has 2 rings (SSSR count). The number of hydrogen-bond donors (Lipinski definition) is 2. The number of anilines is 1. The van der Waals surface area contributed by atoms with E-state index >= 15 is 0 Å². The van der Waals surface area contributed by atoms with Crippen LogP contribution in [0.2, 0.25) is 0 Å². The highest BCUT2D eigenvalue weighted by atomic mass is 15.0. The first-order valence-corrected chi connectivity index (χ1v) is 6.86. The van der Waals surface area contributed by atoms with E-state index in [4.69, 9.17) is 5.73 Å². The number of para-hydroxylation sites is 1. The number of nitriles is 5. The van der Waals surface area contributed by atoms with Crippen LogP contribution in [0.4, 0.5) is 5.69 Å². The minimum atomic E-state index is -2.33. The summed E-state index contributed by atoms with van der Waals surface area (Å²) in [6, 6.07) is 16.0. The maximum atomic E-state index is 9.78. The van der Waals surface area contributed by atoms with Gasteiger partial charge in [-0.05, 0) is 18.2 Å². The van der Waals surface area contributed by atoms with Crippen molar-refractivity contribution in [2.45, 2.75) is 11.6 Å². The maximum Gasteiger partial charge on any atom is 0.216 e. The lowest BCUT2D eigenvalue weighted by molar-refractivity contribution is 0.209. The molecule has 1 aromatic carbocycles. The van der Waals surface area contributed by atoms with Crippen molar-refractivity contribution in [2.24, 2.45) is 16.6 Å². The van der Waals surface area contributed by atoms with Gasteiger partial charge in [-0.15, -0.1) is 0 Å². The monoisotopic (exact) mass is 313 g/mol. The zero-order valence-corrected chi connectivity index (χ0v) is 12.4. The van der Waals surface area contributed by atoms with Crippen molar-refractivity contribution in [1.29, 1.82) is 26.3 Å². The summed E-state index contributed by atoms with van der Waals surface area (Å²) in [5, 5.41) is 51.3. The minimum Gasteiger partial charge on any atom is -0.362 e. The van der Waals surface area contributed by atoms with Crippen LogP contribution in [0, 0.1) is 67.5 Å². The van der Waals surface area contributed by atoms with Crippen LogP contribution in [0.15, 0.2) is 42.5 Å². The van der Waals surface area contributed by atoms with Crippen molar-refractivity contribution >= 4 is 5.69 Å². The maximum absolute atomic E-state index is 9.78. The summed E-state index contributed by atoms with van der Waals surface area (Å²) in [7, 11) is 0. The van der Waals surface area contributed by atoms with Gasteiger partial charge < -0.3 is 11.1 Å². The molecule has 0 bridgehead atoms. The molecule has 0 amide bonds. The first-order valence-electron chi connectivity index (χ1n) is 6.86. The average molecular weight is 313 g/mol. The Hall–Kier alpha value is -3.83. The lowest BCUT2D eigenvalue weighted by atomic mass is 9.51. The van der Waals surface area contributed by atoms with Crippen LogP contribution in [-0.4, -0.2) is 11.6 Å². The van der Waals surface area contributed by atoms with E-state index in [0.717, 1.165) is 0 Å². The molecule has 0 aliphatic heterocycles. The Morgan fingerprint density at radius 2 is 1.46 bits per heavy atom. The fraction of sp³-hybridized carbons (Fsp3) is 0.235. The molecule has 1 aliphatic rings. The predicted molar refractivity (Wildman–Crippen MR) is 82.8 cm³/mol. The molecule has 0 radical (unpaired) electrons. The van der Waals surface area contributed by atoms with Gasteiger partial charge in [-0.2, -0.15) is 26.3 Å². The lowest BCUT2D eigenvalue weighted by Crippen LogP contribution is -2.65. The molecule has 0 fully saturated rings. The average Bonchev–Trinajstić information content (AvgIpc) is 2.64. The number of nitrogens with one attached hydrogen (secondary N) is 1. The Morgan fingerprint density at radius 1 is 0.875 bits per heavy atom. The molecule has 0 spiro atoms. The smallest absolute Gasteiger partial charge is 0.216 e. The molecule has 24 heavy (non-hydrogen) atoms. The van der Waals surface area contributed by atoms with Gasteiger partial charge in [0.25, 0.3) is 0 Å². The largest absolute Gasteiger partial charge is 0.362 e. The van der Waals surface area contributed by atoms with Crippen molar-refractivity contribution in [2.75, 3.05) is 5.32 Å². The Labute approximate surface area is 139 Å². The number of hydrogen-bond acceptors (Lipinski definition) is 7. The third-order valence-electron chi connectivity index (χ3n) is 4.22. The normalized spacial score (nSPS) is 25.8. The number of benzene rings is 1. The van der Waals surface area contributed by atoms with Gasteiger partial charge in [0.05, 0.1) is 36.4 Å². The topological polar surface area (TPSA) is 157 Å². The van der Waals surface area contributed by atoms with E-state index in [1.807, 2.05) is 6.07 Å². The Bertz CT molecular complexity index is 855. The fourth-order valence-corrected chi connectivity index (χ4v) is 2.83. The standard InChI is InChI=1S/C17H11N7/c18-8-15(9-19)14(23)6-7-17(12-22,16(15,10-20)11-21)24-13-4-2-1-3-5-13/h1-7,14,24H,23H2. The van der Waals surface area contributed by atoms with Crippen molar-refractivity contribution in [3.8, 4) is 30.3 Å². The zero-order chi connectivity index (χ0) is 17.8. The molecular weight excluding hydrogens is 302 g/mol.